The molecule has 2 saturated carbocycles. The van der Waals surface area contributed by atoms with Crippen molar-refractivity contribution in [3.05, 3.63) is 0 Å². The zero-order valence-electron chi connectivity index (χ0n) is 10.2. The highest BCUT2D eigenvalue weighted by Crippen LogP contribution is 2.34. The number of alkyl carbamates (subject to hydrolysis) is 1. The SMILES string of the molecule is CCOC(=O)NC1(C)CC1.FC1CCCC1. The molecule has 0 saturated heterocycles. The van der Waals surface area contributed by atoms with Crippen LogP contribution in [0.15, 0.2) is 0 Å². The van der Waals surface area contributed by atoms with Crippen molar-refractivity contribution in [3.63, 3.8) is 0 Å². The first-order valence-corrected chi connectivity index (χ1v) is 6.15. The molecule has 94 valence electrons. The van der Waals surface area contributed by atoms with E-state index in [1.54, 1.807) is 6.92 Å². The molecule has 0 atom stereocenters. The van der Waals surface area contributed by atoms with Gasteiger partial charge in [-0.1, -0.05) is 12.8 Å². The summed E-state index contributed by atoms with van der Waals surface area (Å²) in [7, 11) is 0. The first-order chi connectivity index (χ1) is 7.56. The number of carbonyl (C=O) groups is 1. The highest BCUT2D eigenvalue weighted by atomic mass is 19.1. The molecule has 4 heteroatoms. The summed E-state index contributed by atoms with van der Waals surface area (Å²) in [4.78, 5) is 10.8. The van der Waals surface area contributed by atoms with E-state index in [1.807, 2.05) is 6.92 Å². The molecular formula is C12H22FNO2. The molecule has 2 rings (SSSR count). The first kappa shape index (κ1) is 13.3. The second-order valence-corrected chi connectivity index (χ2v) is 4.79. The molecular weight excluding hydrogens is 209 g/mol. The van der Waals surface area contributed by atoms with Crippen molar-refractivity contribution >= 4 is 6.09 Å². The number of carbonyl (C=O) groups excluding carboxylic acids is 1. The average Bonchev–Trinajstić information content (AvgIpc) is 2.75. The quantitative estimate of drug-likeness (QED) is 0.792. The number of ether oxygens (including phenoxy) is 1. The monoisotopic (exact) mass is 231 g/mol. The lowest BCUT2D eigenvalue weighted by Gasteiger charge is -2.09. The maximum atomic E-state index is 11.9. The molecule has 0 bridgehead atoms. The van der Waals surface area contributed by atoms with E-state index in [4.69, 9.17) is 4.74 Å². The Morgan fingerprint density at radius 1 is 1.44 bits per heavy atom. The standard InChI is InChI=1S/C7H13NO2.C5H9F/c1-3-10-6(9)8-7(2)4-5-7;6-5-3-1-2-4-5/h3-5H2,1-2H3,(H,8,9);5H,1-4H2. The third-order valence-corrected chi connectivity index (χ3v) is 2.96. The summed E-state index contributed by atoms with van der Waals surface area (Å²) in [6, 6.07) is 0. The van der Waals surface area contributed by atoms with Gasteiger partial charge in [0.25, 0.3) is 0 Å². The highest BCUT2D eigenvalue weighted by Gasteiger charge is 2.39. The van der Waals surface area contributed by atoms with Crippen LogP contribution < -0.4 is 5.32 Å². The Bertz CT molecular complexity index is 223. The van der Waals surface area contributed by atoms with Crippen LogP contribution in [0.5, 0.6) is 0 Å². The van der Waals surface area contributed by atoms with Crippen LogP contribution in [-0.2, 0) is 4.74 Å². The number of nitrogens with one attached hydrogen (secondary N) is 1. The lowest BCUT2D eigenvalue weighted by Crippen LogP contribution is -2.34. The van der Waals surface area contributed by atoms with Gasteiger partial charge in [-0.05, 0) is 39.5 Å². The van der Waals surface area contributed by atoms with Crippen LogP contribution in [0.4, 0.5) is 9.18 Å². The molecule has 0 aliphatic heterocycles. The van der Waals surface area contributed by atoms with Gasteiger partial charge < -0.3 is 10.1 Å². The summed E-state index contributed by atoms with van der Waals surface area (Å²) in [5.41, 5.74) is 0.0479. The molecule has 0 radical (unpaired) electrons. The Kier molecular flexibility index (Phi) is 5.03. The van der Waals surface area contributed by atoms with Gasteiger partial charge in [0.05, 0.1) is 6.61 Å². The number of halogens is 1. The fourth-order valence-corrected chi connectivity index (χ4v) is 1.60. The van der Waals surface area contributed by atoms with Gasteiger partial charge >= 0.3 is 6.09 Å². The number of hydrogen-bond acceptors (Lipinski definition) is 2. The molecule has 1 amide bonds. The molecule has 0 aromatic rings. The predicted octanol–water partition coefficient (Wildman–Crippen LogP) is 3.18. The van der Waals surface area contributed by atoms with Gasteiger partial charge in [0.1, 0.15) is 6.17 Å². The van der Waals surface area contributed by atoms with E-state index in [2.05, 4.69) is 5.32 Å². The molecule has 2 aliphatic rings. The Labute approximate surface area is 96.7 Å². The van der Waals surface area contributed by atoms with Crippen LogP contribution >= 0.6 is 0 Å². The lowest BCUT2D eigenvalue weighted by atomic mass is 10.3. The Morgan fingerprint density at radius 3 is 2.31 bits per heavy atom. The fourth-order valence-electron chi connectivity index (χ4n) is 1.60. The number of alkyl halides is 1. The first-order valence-electron chi connectivity index (χ1n) is 6.15. The summed E-state index contributed by atoms with van der Waals surface area (Å²) in [5, 5.41) is 2.77. The van der Waals surface area contributed by atoms with Gasteiger partial charge in [-0.2, -0.15) is 0 Å². The van der Waals surface area contributed by atoms with Gasteiger partial charge in [0.2, 0.25) is 0 Å². The molecule has 0 aromatic heterocycles. The van der Waals surface area contributed by atoms with Crippen LogP contribution in [0.2, 0.25) is 0 Å². The average molecular weight is 231 g/mol. The van der Waals surface area contributed by atoms with Crippen LogP contribution in [0.1, 0.15) is 52.4 Å². The molecule has 0 heterocycles. The lowest BCUT2D eigenvalue weighted by molar-refractivity contribution is 0.147. The van der Waals surface area contributed by atoms with Crippen molar-refractivity contribution in [3.8, 4) is 0 Å². The van der Waals surface area contributed by atoms with E-state index in [0.717, 1.165) is 38.5 Å². The van der Waals surface area contributed by atoms with Gasteiger partial charge in [0.15, 0.2) is 0 Å². The molecule has 0 unspecified atom stereocenters. The normalized spacial score (nSPS) is 21.9. The largest absolute Gasteiger partial charge is 0.450 e. The fraction of sp³-hybridized carbons (Fsp3) is 0.917. The van der Waals surface area contributed by atoms with Gasteiger partial charge in [-0.25, -0.2) is 9.18 Å². The zero-order chi connectivity index (χ0) is 12.0. The number of amides is 1. The van der Waals surface area contributed by atoms with Gasteiger partial charge in [-0.3, -0.25) is 0 Å². The molecule has 3 nitrogen and oxygen atoms in total. The van der Waals surface area contributed by atoms with E-state index < -0.39 is 6.17 Å². The number of hydrogen-bond donors (Lipinski definition) is 1. The van der Waals surface area contributed by atoms with Gasteiger partial charge in [-0.15, -0.1) is 0 Å². The van der Waals surface area contributed by atoms with E-state index in [9.17, 15) is 9.18 Å². The second-order valence-electron chi connectivity index (χ2n) is 4.79. The second kappa shape index (κ2) is 6.06. The molecule has 16 heavy (non-hydrogen) atoms. The van der Waals surface area contributed by atoms with Crippen molar-refractivity contribution in [1.29, 1.82) is 0 Å². The van der Waals surface area contributed by atoms with Crippen LogP contribution in [-0.4, -0.2) is 24.4 Å². The minimum atomic E-state index is -0.454. The number of rotatable bonds is 2. The van der Waals surface area contributed by atoms with E-state index in [1.165, 1.54) is 0 Å². The smallest absolute Gasteiger partial charge is 0.407 e. The molecule has 1 N–H and O–H groups in total. The minimum absolute atomic E-state index is 0.0479. The highest BCUT2D eigenvalue weighted by molar-refractivity contribution is 5.68. The van der Waals surface area contributed by atoms with Crippen molar-refractivity contribution in [1.82, 2.24) is 5.32 Å². The summed E-state index contributed by atoms with van der Waals surface area (Å²) in [6.45, 7) is 4.26. The third-order valence-electron chi connectivity index (χ3n) is 2.96. The topological polar surface area (TPSA) is 38.3 Å². The van der Waals surface area contributed by atoms with Crippen molar-refractivity contribution in [2.24, 2.45) is 0 Å². The van der Waals surface area contributed by atoms with Crippen molar-refractivity contribution in [2.45, 2.75) is 64.1 Å². The molecule has 2 fully saturated rings. The maximum absolute atomic E-state index is 11.9. The molecule has 0 spiro atoms. The summed E-state index contributed by atoms with van der Waals surface area (Å²) < 4.78 is 16.6. The van der Waals surface area contributed by atoms with Crippen LogP contribution in [0, 0.1) is 0 Å². The molecule has 0 aromatic carbocycles. The Balaban J connectivity index is 0.000000181. The summed E-state index contributed by atoms with van der Waals surface area (Å²) >= 11 is 0. The van der Waals surface area contributed by atoms with Crippen LogP contribution in [0.3, 0.4) is 0 Å². The van der Waals surface area contributed by atoms with E-state index >= 15 is 0 Å². The predicted molar refractivity (Wildman–Crippen MR) is 61.2 cm³/mol. The minimum Gasteiger partial charge on any atom is -0.450 e. The maximum Gasteiger partial charge on any atom is 0.407 e. The van der Waals surface area contributed by atoms with E-state index in [-0.39, 0.29) is 11.6 Å². The third kappa shape index (κ3) is 5.33. The van der Waals surface area contributed by atoms with Gasteiger partial charge in [0, 0.05) is 5.54 Å². The molecule has 2 aliphatic carbocycles. The Hall–Kier alpha value is -0.800. The van der Waals surface area contributed by atoms with Crippen molar-refractivity contribution in [2.75, 3.05) is 6.61 Å². The van der Waals surface area contributed by atoms with E-state index in [0.29, 0.717) is 6.61 Å². The van der Waals surface area contributed by atoms with Crippen LogP contribution in [0.25, 0.3) is 0 Å². The Morgan fingerprint density at radius 2 is 2.00 bits per heavy atom. The zero-order valence-corrected chi connectivity index (χ0v) is 10.2. The summed E-state index contributed by atoms with van der Waals surface area (Å²) in [5.74, 6) is 0. The van der Waals surface area contributed by atoms with Crippen molar-refractivity contribution < 1.29 is 13.9 Å². The summed E-state index contributed by atoms with van der Waals surface area (Å²) in [6.07, 6.45) is 5.27.